The topological polar surface area (TPSA) is 63.2 Å². The standard InChI is InChI=1S/C13H28N2O.C3H3N3/c1-7-8-14-15-12(2,3)9-11(16-6)10-13(15,4)5;1-4-2-6-3-5-1/h11,14H,7-10H2,1-6H3;1-3H. The molecule has 2 heterocycles. The van der Waals surface area contributed by atoms with Gasteiger partial charge in [0, 0.05) is 24.7 Å². The minimum absolute atomic E-state index is 0.150. The molecule has 0 unspecified atom stereocenters. The van der Waals surface area contributed by atoms with Gasteiger partial charge >= 0.3 is 0 Å². The largest absolute Gasteiger partial charge is 0.381 e. The van der Waals surface area contributed by atoms with Crippen molar-refractivity contribution in [1.29, 1.82) is 0 Å². The lowest BCUT2D eigenvalue weighted by atomic mass is 9.80. The number of nitrogens with one attached hydrogen (secondary N) is 1. The Kier molecular flexibility index (Phi) is 7.32. The van der Waals surface area contributed by atoms with E-state index in [2.05, 4.69) is 60.0 Å². The highest BCUT2D eigenvalue weighted by Gasteiger charge is 2.45. The van der Waals surface area contributed by atoms with E-state index in [0.717, 1.165) is 25.8 Å². The smallest absolute Gasteiger partial charge is 0.119 e. The molecule has 2 rings (SSSR count). The molecule has 1 aromatic rings. The molecule has 6 nitrogen and oxygen atoms in total. The maximum absolute atomic E-state index is 5.56. The van der Waals surface area contributed by atoms with Gasteiger partial charge in [-0.2, -0.15) is 0 Å². The summed E-state index contributed by atoms with van der Waals surface area (Å²) in [6.45, 7) is 12.4. The van der Waals surface area contributed by atoms with Crippen LogP contribution in [0.15, 0.2) is 19.0 Å². The molecule has 6 heteroatoms. The average Bonchev–Trinajstić information content (AvgIpc) is 2.47. The van der Waals surface area contributed by atoms with E-state index in [4.69, 9.17) is 4.74 Å². The normalized spacial score (nSPS) is 21.0. The van der Waals surface area contributed by atoms with Crippen LogP contribution in [0.4, 0.5) is 0 Å². The van der Waals surface area contributed by atoms with E-state index in [9.17, 15) is 0 Å². The van der Waals surface area contributed by atoms with Crippen LogP contribution in [0.25, 0.3) is 0 Å². The van der Waals surface area contributed by atoms with Gasteiger partial charge in [0.1, 0.15) is 19.0 Å². The Hall–Kier alpha value is -1.11. The van der Waals surface area contributed by atoms with Crippen molar-refractivity contribution in [3.8, 4) is 0 Å². The van der Waals surface area contributed by atoms with Crippen molar-refractivity contribution < 1.29 is 4.74 Å². The fourth-order valence-electron chi connectivity index (χ4n) is 3.21. The van der Waals surface area contributed by atoms with Crippen LogP contribution in [-0.2, 0) is 4.74 Å². The van der Waals surface area contributed by atoms with Crippen molar-refractivity contribution in [2.75, 3.05) is 13.7 Å². The fraction of sp³-hybridized carbons (Fsp3) is 0.812. The third-order valence-electron chi connectivity index (χ3n) is 3.92. The summed E-state index contributed by atoms with van der Waals surface area (Å²) >= 11 is 0. The number of hydrogen-bond acceptors (Lipinski definition) is 6. The fourth-order valence-corrected chi connectivity index (χ4v) is 3.21. The second kappa shape index (κ2) is 8.50. The molecule has 0 atom stereocenters. The molecule has 0 spiro atoms. The zero-order valence-corrected chi connectivity index (χ0v) is 14.8. The first kappa shape index (κ1) is 18.9. The lowest BCUT2D eigenvalue weighted by molar-refractivity contribution is -0.121. The van der Waals surface area contributed by atoms with Crippen molar-refractivity contribution in [2.24, 2.45) is 0 Å². The van der Waals surface area contributed by atoms with E-state index in [1.165, 1.54) is 19.0 Å². The summed E-state index contributed by atoms with van der Waals surface area (Å²) in [5.41, 5.74) is 3.88. The number of aromatic nitrogens is 3. The van der Waals surface area contributed by atoms with Gasteiger partial charge in [-0.3, -0.25) is 5.43 Å². The van der Waals surface area contributed by atoms with Gasteiger partial charge in [-0.05, 0) is 47.0 Å². The molecule has 22 heavy (non-hydrogen) atoms. The summed E-state index contributed by atoms with van der Waals surface area (Å²) in [6.07, 6.45) is 8.03. The zero-order chi connectivity index (χ0) is 16.6. The molecule has 1 aliphatic heterocycles. The first-order valence-corrected chi connectivity index (χ1v) is 7.95. The number of ether oxygens (including phenoxy) is 1. The molecular weight excluding hydrogens is 278 g/mol. The van der Waals surface area contributed by atoms with Crippen LogP contribution in [0.2, 0.25) is 0 Å². The summed E-state index contributed by atoms with van der Waals surface area (Å²) in [5.74, 6) is 0. The Morgan fingerprint density at radius 2 is 1.50 bits per heavy atom. The SMILES string of the molecule is CCCNN1C(C)(C)CC(OC)CC1(C)C.c1ncncn1. The Morgan fingerprint density at radius 1 is 1.05 bits per heavy atom. The lowest BCUT2D eigenvalue weighted by Gasteiger charge is -2.54. The van der Waals surface area contributed by atoms with E-state index in [1.54, 1.807) is 0 Å². The van der Waals surface area contributed by atoms with E-state index in [-0.39, 0.29) is 11.1 Å². The van der Waals surface area contributed by atoms with Gasteiger partial charge in [0.05, 0.1) is 6.10 Å². The molecule has 126 valence electrons. The number of rotatable bonds is 4. The molecule has 0 saturated carbocycles. The highest BCUT2D eigenvalue weighted by atomic mass is 16.5. The minimum atomic E-state index is 0.150. The van der Waals surface area contributed by atoms with Gasteiger partial charge in [-0.1, -0.05) is 6.92 Å². The zero-order valence-electron chi connectivity index (χ0n) is 14.8. The van der Waals surface area contributed by atoms with Crippen LogP contribution in [0, 0.1) is 0 Å². The van der Waals surface area contributed by atoms with Crippen LogP contribution < -0.4 is 5.43 Å². The van der Waals surface area contributed by atoms with Crippen LogP contribution in [-0.4, -0.2) is 50.8 Å². The first-order valence-electron chi connectivity index (χ1n) is 7.95. The molecule has 1 aliphatic rings. The lowest BCUT2D eigenvalue weighted by Crippen LogP contribution is -2.67. The predicted octanol–water partition coefficient (Wildman–Crippen LogP) is 2.44. The highest BCUT2D eigenvalue weighted by molar-refractivity contribution is 4.98. The maximum Gasteiger partial charge on any atom is 0.119 e. The van der Waals surface area contributed by atoms with Crippen molar-refractivity contribution in [3.63, 3.8) is 0 Å². The van der Waals surface area contributed by atoms with Gasteiger partial charge in [-0.25, -0.2) is 20.0 Å². The van der Waals surface area contributed by atoms with Crippen molar-refractivity contribution in [1.82, 2.24) is 25.4 Å². The molecular formula is C16H31N5O. The van der Waals surface area contributed by atoms with E-state index in [0.29, 0.717) is 6.10 Å². The van der Waals surface area contributed by atoms with E-state index >= 15 is 0 Å². The Bertz CT molecular complexity index is 366. The third-order valence-corrected chi connectivity index (χ3v) is 3.92. The van der Waals surface area contributed by atoms with E-state index in [1.807, 2.05) is 7.11 Å². The summed E-state index contributed by atoms with van der Waals surface area (Å²) in [4.78, 5) is 10.7. The summed E-state index contributed by atoms with van der Waals surface area (Å²) < 4.78 is 5.56. The predicted molar refractivity (Wildman–Crippen MR) is 88.1 cm³/mol. The molecule has 0 aliphatic carbocycles. The molecule has 0 amide bonds. The Morgan fingerprint density at radius 3 is 1.82 bits per heavy atom. The monoisotopic (exact) mass is 309 g/mol. The van der Waals surface area contributed by atoms with Gasteiger partial charge in [0.2, 0.25) is 0 Å². The number of piperidine rings is 1. The second-order valence-electron chi connectivity index (χ2n) is 6.93. The van der Waals surface area contributed by atoms with Crippen molar-refractivity contribution in [3.05, 3.63) is 19.0 Å². The number of nitrogens with zero attached hydrogens (tertiary/aromatic N) is 4. The van der Waals surface area contributed by atoms with Crippen LogP contribution in [0.3, 0.4) is 0 Å². The van der Waals surface area contributed by atoms with Gasteiger partial charge in [0.15, 0.2) is 0 Å². The molecule has 1 N–H and O–H groups in total. The molecule has 0 radical (unpaired) electrons. The van der Waals surface area contributed by atoms with Crippen LogP contribution in [0.1, 0.15) is 53.9 Å². The summed E-state index contributed by atoms with van der Waals surface area (Å²) in [6, 6.07) is 0. The van der Waals surface area contributed by atoms with Gasteiger partial charge in [-0.15, -0.1) is 0 Å². The highest BCUT2D eigenvalue weighted by Crippen LogP contribution is 2.37. The summed E-state index contributed by atoms with van der Waals surface area (Å²) in [5, 5.41) is 2.43. The Balaban J connectivity index is 0.000000335. The number of hydrogen-bond donors (Lipinski definition) is 1. The van der Waals surface area contributed by atoms with Crippen LogP contribution >= 0.6 is 0 Å². The van der Waals surface area contributed by atoms with Gasteiger partial charge in [0.25, 0.3) is 0 Å². The van der Waals surface area contributed by atoms with E-state index < -0.39 is 0 Å². The average molecular weight is 309 g/mol. The van der Waals surface area contributed by atoms with Crippen molar-refractivity contribution in [2.45, 2.75) is 71.1 Å². The minimum Gasteiger partial charge on any atom is -0.381 e. The Labute approximate surface area is 134 Å². The summed E-state index contributed by atoms with van der Waals surface area (Å²) in [7, 11) is 1.83. The third kappa shape index (κ3) is 5.59. The number of methoxy groups -OCH3 is 1. The van der Waals surface area contributed by atoms with Crippen molar-refractivity contribution >= 4 is 0 Å². The molecule has 1 fully saturated rings. The molecule has 0 bridgehead atoms. The number of hydrazine groups is 1. The maximum atomic E-state index is 5.56. The van der Waals surface area contributed by atoms with Crippen LogP contribution in [0.5, 0.6) is 0 Å². The first-order chi connectivity index (χ1) is 10.3. The second-order valence-corrected chi connectivity index (χ2v) is 6.93. The molecule has 0 aromatic carbocycles. The quantitative estimate of drug-likeness (QED) is 0.921. The van der Waals surface area contributed by atoms with Gasteiger partial charge < -0.3 is 4.74 Å². The molecule has 1 aromatic heterocycles. The molecule has 1 saturated heterocycles.